The lowest BCUT2D eigenvalue weighted by Crippen LogP contribution is -2.63. The largest absolute Gasteiger partial charge is 0.380 e. The normalized spacial score (nSPS) is 20.3. The molecule has 0 bridgehead atoms. The third-order valence-corrected chi connectivity index (χ3v) is 7.62. The number of rotatable bonds is 4. The van der Waals surface area contributed by atoms with Gasteiger partial charge < -0.3 is 14.9 Å². The number of aliphatic hydroxyl groups is 1. The summed E-state index contributed by atoms with van der Waals surface area (Å²) in [4.78, 5) is 20.2. The highest BCUT2D eigenvalue weighted by Gasteiger charge is 2.55. The fourth-order valence-corrected chi connectivity index (χ4v) is 5.58. The van der Waals surface area contributed by atoms with Crippen LogP contribution in [0.15, 0.2) is 42.7 Å². The van der Waals surface area contributed by atoms with Crippen LogP contribution in [0.25, 0.3) is 0 Å². The number of piperidine rings is 1. The van der Waals surface area contributed by atoms with E-state index in [1.165, 1.54) is 5.56 Å². The highest BCUT2D eigenvalue weighted by molar-refractivity contribution is 5.73. The van der Waals surface area contributed by atoms with Gasteiger partial charge in [-0.2, -0.15) is 0 Å². The molecule has 4 rings (SSSR count). The lowest BCUT2D eigenvalue weighted by molar-refractivity contribution is -0.129. The standard InChI is InChI=1S/C29H37N3O2/c1-21(2)25-8-10-26(11-9-25)29(34,28(4)19-31(5)20-28)27-16-24(17-30-18-27)7-6-23-12-14-32(15-13-23)22(3)33/h8-11,16-18,21,23,34H,12-15,19-20H2,1-5H3. The van der Waals surface area contributed by atoms with Gasteiger partial charge in [0.15, 0.2) is 0 Å². The molecule has 0 radical (unpaired) electrons. The van der Waals surface area contributed by atoms with Crippen molar-refractivity contribution in [1.29, 1.82) is 0 Å². The quantitative estimate of drug-likeness (QED) is 0.702. The van der Waals surface area contributed by atoms with E-state index in [2.05, 4.69) is 73.8 Å². The van der Waals surface area contributed by atoms with Gasteiger partial charge >= 0.3 is 0 Å². The van der Waals surface area contributed by atoms with Gasteiger partial charge in [-0.25, -0.2) is 0 Å². The van der Waals surface area contributed by atoms with Crippen molar-refractivity contribution in [3.8, 4) is 11.8 Å². The number of likely N-dealkylation sites (tertiary alicyclic amines) is 2. The maximum absolute atomic E-state index is 12.4. The van der Waals surface area contributed by atoms with Gasteiger partial charge in [-0.1, -0.05) is 56.9 Å². The van der Waals surface area contributed by atoms with Crippen LogP contribution in [0.2, 0.25) is 0 Å². The van der Waals surface area contributed by atoms with Crippen molar-refractivity contribution < 1.29 is 9.90 Å². The molecule has 1 aromatic heterocycles. The van der Waals surface area contributed by atoms with E-state index >= 15 is 0 Å². The molecule has 1 N–H and O–H groups in total. The topological polar surface area (TPSA) is 56.7 Å². The lowest BCUT2D eigenvalue weighted by Gasteiger charge is -2.55. The van der Waals surface area contributed by atoms with E-state index in [9.17, 15) is 9.90 Å². The van der Waals surface area contributed by atoms with Crippen molar-refractivity contribution in [3.63, 3.8) is 0 Å². The predicted octanol–water partition coefficient (Wildman–Crippen LogP) is 4.00. The number of pyridine rings is 1. The lowest BCUT2D eigenvalue weighted by atomic mass is 9.62. The summed E-state index contributed by atoms with van der Waals surface area (Å²) in [5.74, 6) is 7.55. The van der Waals surface area contributed by atoms with E-state index in [0.717, 1.165) is 55.7 Å². The Balaban J connectivity index is 1.64. The first kappa shape index (κ1) is 24.4. The summed E-state index contributed by atoms with van der Waals surface area (Å²) in [6.45, 7) is 11.3. The van der Waals surface area contributed by atoms with Gasteiger partial charge in [0, 0.05) is 68.0 Å². The van der Waals surface area contributed by atoms with Crippen LogP contribution in [-0.4, -0.2) is 59.0 Å². The zero-order chi connectivity index (χ0) is 24.5. The number of carbonyl (C=O) groups excluding carboxylic acids is 1. The Labute approximate surface area is 204 Å². The van der Waals surface area contributed by atoms with E-state index < -0.39 is 5.60 Å². The molecule has 2 aromatic rings. The van der Waals surface area contributed by atoms with Crippen molar-refractivity contribution in [1.82, 2.24) is 14.8 Å². The number of carbonyl (C=O) groups is 1. The summed E-state index contributed by atoms with van der Waals surface area (Å²) in [6.07, 6.45) is 5.36. The van der Waals surface area contributed by atoms with E-state index in [-0.39, 0.29) is 17.2 Å². The summed E-state index contributed by atoms with van der Waals surface area (Å²) in [5.41, 5.74) is 2.28. The molecule has 2 aliphatic rings. The number of aromatic nitrogens is 1. The van der Waals surface area contributed by atoms with Crippen LogP contribution in [-0.2, 0) is 10.4 Å². The average molecular weight is 460 g/mol. The SMILES string of the molecule is CC(=O)N1CCC(C#Cc2cncc(C(O)(c3ccc(C(C)C)cc3)C3(C)CN(C)C3)c2)CC1. The Hall–Kier alpha value is -2.68. The van der Waals surface area contributed by atoms with Gasteiger partial charge in [-0.3, -0.25) is 9.78 Å². The van der Waals surface area contributed by atoms with Crippen LogP contribution in [0, 0.1) is 23.2 Å². The summed E-state index contributed by atoms with van der Waals surface area (Å²) in [6, 6.07) is 10.4. The zero-order valence-electron chi connectivity index (χ0n) is 21.1. The van der Waals surface area contributed by atoms with Crippen molar-refractivity contribution in [2.24, 2.45) is 11.3 Å². The Morgan fingerprint density at radius 3 is 2.35 bits per heavy atom. The molecule has 0 saturated carbocycles. The van der Waals surface area contributed by atoms with E-state index in [1.807, 2.05) is 11.0 Å². The van der Waals surface area contributed by atoms with Gasteiger partial charge in [-0.15, -0.1) is 0 Å². The van der Waals surface area contributed by atoms with Crippen LogP contribution in [0.1, 0.15) is 68.7 Å². The number of amides is 1. The maximum atomic E-state index is 12.4. The fourth-order valence-electron chi connectivity index (χ4n) is 5.58. The number of hydrogen-bond acceptors (Lipinski definition) is 4. The van der Waals surface area contributed by atoms with Crippen LogP contribution in [0.5, 0.6) is 0 Å². The van der Waals surface area contributed by atoms with Crippen molar-refractivity contribution in [3.05, 3.63) is 65.0 Å². The number of nitrogens with zero attached hydrogens (tertiary/aromatic N) is 3. The fraction of sp³-hybridized carbons (Fsp3) is 0.517. The van der Waals surface area contributed by atoms with Gasteiger partial charge in [0.25, 0.3) is 0 Å². The minimum atomic E-state index is -1.16. The van der Waals surface area contributed by atoms with E-state index in [1.54, 1.807) is 19.3 Å². The molecule has 5 nitrogen and oxygen atoms in total. The second kappa shape index (κ2) is 9.52. The molecule has 2 fully saturated rings. The van der Waals surface area contributed by atoms with Gasteiger partial charge in [0.2, 0.25) is 5.91 Å². The monoisotopic (exact) mass is 459 g/mol. The van der Waals surface area contributed by atoms with Crippen molar-refractivity contribution in [2.75, 3.05) is 33.2 Å². The molecule has 2 aliphatic heterocycles. The summed E-state index contributed by atoms with van der Waals surface area (Å²) >= 11 is 0. The number of hydrogen-bond donors (Lipinski definition) is 1. The average Bonchev–Trinajstić information content (AvgIpc) is 2.81. The minimum Gasteiger partial charge on any atom is -0.380 e. The first-order valence-corrected chi connectivity index (χ1v) is 12.4. The predicted molar refractivity (Wildman–Crippen MR) is 135 cm³/mol. The van der Waals surface area contributed by atoms with Crippen LogP contribution in [0.3, 0.4) is 0 Å². The molecule has 5 heteroatoms. The van der Waals surface area contributed by atoms with Crippen LogP contribution >= 0.6 is 0 Å². The molecule has 0 spiro atoms. The van der Waals surface area contributed by atoms with Crippen molar-refractivity contribution in [2.45, 2.75) is 52.1 Å². The third-order valence-electron chi connectivity index (χ3n) is 7.62. The highest BCUT2D eigenvalue weighted by Crippen LogP contribution is 2.50. The van der Waals surface area contributed by atoms with Crippen molar-refractivity contribution >= 4 is 5.91 Å². The second-order valence-corrected chi connectivity index (χ2v) is 10.7. The second-order valence-electron chi connectivity index (χ2n) is 10.7. The molecule has 1 amide bonds. The van der Waals surface area contributed by atoms with Crippen LogP contribution in [0.4, 0.5) is 0 Å². The molecule has 2 saturated heterocycles. The Morgan fingerprint density at radius 1 is 1.15 bits per heavy atom. The number of benzene rings is 1. The van der Waals surface area contributed by atoms with Gasteiger partial charge in [0.1, 0.15) is 5.60 Å². The van der Waals surface area contributed by atoms with E-state index in [0.29, 0.717) is 5.92 Å². The molecule has 1 unspecified atom stereocenters. The molecule has 1 aromatic carbocycles. The molecular formula is C29H37N3O2. The first-order valence-electron chi connectivity index (χ1n) is 12.4. The molecule has 0 aliphatic carbocycles. The third kappa shape index (κ3) is 4.62. The van der Waals surface area contributed by atoms with Gasteiger partial charge in [-0.05, 0) is 43.0 Å². The maximum Gasteiger partial charge on any atom is 0.219 e. The first-order chi connectivity index (χ1) is 16.1. The Bertz CT molecular complexity index is 1080. The minimum absolute atomic E-state index is 0.138. The highest BCUT2D eigenvalue weighted by atomic mass is 16.3. The molecule has 34 heavy (non-hydrogen) atoms. The van der Waals surface area contributed by atoms with Crippen LogP contribution < -0.4 is 0 Å². The Kier molecular flexibility index (Phi) is 6.85. The Morgan fingerprint density at radius 2 is 1.79 bits per heavy atom. The molecule has 1 atom stereocenters. The zero-order valence-corrected chi connectivity index (χ0v) is 21.1. The summed E-state index contributed by atoms with van der Waals surface area (Å²) in [7, 11) is 2.08. The molecule has 3 heterocycles. The smallest absolute Gasteiger partial charge is 0.219 e. The van der Waals surface area contributed by atoms with Gasteiger partial charge in [0.05, 0.1) is 0 Å². The summed E-state index contributed by atoms with van der Waals surface area (Å²) in [5, 5.41) is 12.4. The summed E-state index contributed by atoms with van der Waals surface area (Å²) < 4.78 is 0. The molecule has 180 valence electrons. The van der Waals surface area contributed by atoms with E-state index in [4.69, 9.17) is 0 Å². The molecular weight excluding hydrogens is 422 g/mol.